The Hall–Kier alpha value is 0.660. The molecule has 0 aliphatic carbocycles. The molecule has 1 radical (unpaired) electrons. The fourth-order valence-electron chi connectivity index (χ4n) is 1.84. The average Bonchev–Trinajstić information content (AvgIpc) is 2.46. The molecular formula is C15H12I3NNaO4. The average molecular weight is 674 g/mol. The molecule has 2 aromatic rings. The predicted molar refractivity (Wildman–Crippen MR) is 118 cm³/mol. The Morgan fingerprint density at radius 2 is 1.71 bits per heavy atom. The van der Waals surface area contributed by atoms with Crippen LogP contribution in [0.25, 0.3) is 0 Å². The van der Waals surface area contributed by atoms with Crippen LogP contribution >= 0.6 is 67.8 Å². The van der Waals surface area contributed by atoms with Gasteiger partial charge in [-0.15, -0.1) is 0 Å². The first-order valence-corrected chi connectivity index (χ1v) is 9.64. The number of aromatic hydroxyl groups is 1. The van der Waals surface area contributed by atoms with Crippen LogP contribution in [0.3, 0.4) is 0 Å². The second-order valence-corrected chi connectivity index (χ2v) is 8.24. The van der Waals surface area contributed by atoms with Crippen LogP contribution in [0.5, 0.6) is 17.2 Å². The molecule has 2 rings (SSSR count). The first-order valence-electron chi connectivity index (χ1n) is 6.40. The van der Waals surface area contributed by atoms with E-state index in [1.54, 1.807) is 18.2 Å². The Bertz CT molecular complexity index is 734. The summed E-state index contributed by atoms with van der Waals surface area (Å²) in [6.45, 7) is 0. The van der Waals surface area contributed by atoms with Gasteiger partial charge in [0.1, 0.15) is 17.5 Å². The van der Waals surface area contributed by atoms with E-state index in [0.717, 1.165) is 12.7 Å². The molecule has 0 amide bonds. The van der Waals surface area contributed by atoms with Gasteiger partial charge in [-0.3, -0.25) is 4.79 Å². The second-order valence-electron chi connectivity index (χ2n) is 4.75. The van der Waals surface area contributed by atoms with Gasteiger partial charge in [-0.25, -0.2) is 0 Å². The number of benzene rings is 2. The van der Waals surface area contributed by atoms with E-state index in [0.29, 0.717) is 15.1 Å². The van der Waals surface area contributed by atoms with Gasteiger partial charge in [-0.05, 0) is 110 Å². The molecular weight excluding hydrogens is 662 g/mol. The van der Waals surface area contributed by atoms with E-state index >= 15 is 0 Å². The standard InChI is InChI=1S/C15H12I3NO4.Na/c16-9-6-8(1-2-13(9)20)23-14-10(17)3-7(4-11(14)18)5-12(19)15(21)22;/h1-4,6,12,20H,5,19H2,(H,21,22);/t12-;/m0./s1. The van der Waals surface area contributed by atoms with Crippen LogP contribution in [0.15, 0.2) is 30.3 Å². The summed E-state index contributed by atoms with van der Waals surface area (Å²) in [5.41, 5.74) is 6.43. The Morgan fingerprint density at radius 3 is 2.21 bits per heavy atom. The number of carboxylic acid groups (broad SMARTS) is 1. The number of halogens is 3. The van der Waals surface area contributed by atoms with Crippen molar-refractivity contribution in [3.63, 3.8) is 0 Å². The fourth-order valence-corrected chi connectivity index (χ4v) is 4.44. The van der Waals surface area contributed by atoms with Crippen LogP contribution in [0, 0.1) is 10.7 Å². The van der Waals surface area contributed by atoms with Gasteiger partial charge in [0.25, 0.3) is 0 Å². The van der Waals surface area contributed by atoms with E-state index in [4.69, 9.17) is 15.6 Å². The van der Waals surface area contributed by atoms with Gasteiger partial charge < -0.3 is 20.7 Å². The number of nitrogens with two attached hydrogens (primary N) is 1. The van der Waals surface area contributed by atoms with Gasteiger partial charge in [-0.2, -0.15) is 0 Å². The molecule has 0 saturated heterocycles. The molecule has 0 saturated carbocycles. The monoisotopic (exact) mass is 674 g/mol. The van der Waals surface area contributed by atoms with Crippen molar-refractivity contribution in [1.82, 2.24) is 0 Å². The van der Waals surface area contributed by atoms with Crippen LogP contribution in [-0.2, 0) is 11.2 Å². The molecule has 0 heterocycles. The number of aliphatic carboxylic acids is 1. The molecule has 1 atom stereocenters. The van der Waals surface area contributed by atoms with Crippen molar-refractivity contribution in [2.24, 2.45) is 5.73 Å². The minimum Gasteiger partial charge on any atom is -0.507 e. The maximum Gasteiger partial charge on any atom is 0.320 e. The molecule has 0 fully saturated rings. The number of phenolic OH excluding ortho intramolecular Hbond substituents is 1. The van der Waals surface area contributed by atoms with Crippen molar-refractivity contribution < 1.29 is 19.7 Å². The minimum atomic E-state index is -1.02. The van der Waals surface area contributed by atoms with Crippen molar-refractivity contribution in [2.75, 3.05) is 0 Å². The second kappa shape index (κ2) is 10.1. The summed E-state index contributed by atoms with van der Waals surface area (Å²) in [4.78, 5) is 10.9. The maximum atomic E-state index is 10.9. The van der Waals surface area contributed by atoms with Crippen LogP contribution in [0.4, 0.5) is 0 Å². The van der Waals surface area contributed by atoms with Crippen LogP contribution in [0.2, 0.25) is 0 Å². The molecule has 0 aliphatic heterocycles. The molecule has 4 N–H and O–H groups in total. The summed E-state index contributed by atoms with van der Waals surface area (Å²) in [6.07, 6.45) is 0.263. The Labute approximate surface area is 202 Å². The number of phenols is 1. The summed E-state index contributed by atoms with van der Waals surface area (Å²) in [7, 11) is 0. The molecule has 0 aliphatic rings. The zero-order valence-corrected chi connectivity index (χ0v) is 21.1. The van der Waals surface area contributed by atoms with Gasteiger partial charge in [0.2, 0.25) is 0 Å². The molecule has 5 nitrogen and oxygen atoms in total. The smallest absolute Gasteiger partial charge is 0.320 e. The molecule has 0 bridgehead atoms. The van der Waals surface area contributed by atoms with Crippen molar-refractivity contribution in [3.8, 4) is 17.2 Å². The number of carbonyl (C=O) groups is 1. The summed E-state index contributed by atoms with van der Waals surface area (Å²) < 4.78 is 8.34. The van der Waals surface area contributed by atoms with Crippen LogP contribution in [-0.4, -0.2) is 51.8 Å². The van der Waals surface area contributed by atoms with Gasteiger partial charge in [0.15, 0.2) is 5.75 Å². The largest absolute Gasteiger partial charge is 0.507 e. The maximum absolute atomic E-state index is 10.9. The number of carboxylic acids is 1. The van der Waals surface area contributed by atoms with Gasteiger partial charge in [0.05, 0.1) is 10.7 Å². The normalized spacial score (nSPS) is 11.5. The molecule has 0 unspecified atom stereocenters. The number of hydrogen-bond acceptors (Lipinski definition) is 4. The van der Waals surface area contributed by atoms with Crippen molar-refractivity contribution in [1.29, 1.82) is 0 Å². The Balaban J connectivity index is 0.00000288. The first kappa shape index (κ1) is 22.7. The fraction of sp³-hybridized carbons (Fsp3) is 0.133. The molecule has 0 aromatic heterocycles. The summed E-state index contributed by atoms with van der Waals surface area (Å²) in [5, 5.41) is 18.5. The molecule has 9 heteroatoms. The zero-order chi connectivity index (χ0) is 17.1. The van der Waals surface area contributed by atoms with E-state index in [9.17, 15) is 9.90 Å². The van der Waals surface area contributed by atoms with Crippen molar-refractivity contribution >= 4 is 103 Å². The van der Waals surface area contributed by atoms with Crippen molar-refractivity contribution in [3.05, 3.63) is 46.6 Å². The molecule has 24 heavy (non-hydrogen) atoms. The summed E-state index contributed by atoms with van der Waals surface area (Å²) in [5.74, 6) is 0.507. The quantitative estimate of drug-likeness (QED) is 0.334. The topological polar surface area (TPSA) is 92.8 Å². The third kappa shape index (κ3) is 6.13. The van der Waals surface area contributed by atoms with E-state index in [-0.39, 0.29) is 41.7 Å². The molecule has 2 aromatic carbocycles. The molecule has 123 valence electrons. The predicted octanol–water partition coefficient (Wildman–Crippen LogP) is 3.57. The number of hydrogen-bond donors (Lipinski definition) is 3. The van der Waals surface area contributed by atoms with Gasteiger partial charge in [0, 0.05) is 29.6 Å². The first-order chi connectivity index (χ1) is 10.8. The van der Waals surface area contributed by atoms with Crippen molar-refractivity contribution in [2.45, 2.75) is 12.5 Å². The van der Waals surface area contributed by atoms with E-state index in [1.165, 1.54) is 0 Å². The number of ether oxygens (including phenoxy) is 1. The summed E-state index contributed by atoms with van der Waals surface area (Å²) >= 11 is 6.33. The van der Waals surface area contributed by atoms with Crippen LogP contribution in [0.1, 0.15) is 5.56 Å². The molecule has 0 spiro atoms. The third-order valence-electron chi connectivity index (χ3n) is 2.97. The van der Waals surface area contributed by atoms with E-state index < -0.39 is 12.0 Å². The summed E-state index contributed by atoms with van der Waals surface area (Å²) in [6, 6.07) is 7.83. The number of rotatable bonds is 5. The van der Waals surface area contributed by atoms with Gasteiger partial charge in [-0.1, -0.05) is 0 Å². The third-order valence-corrected chi connectivity index (χ3v) is 5.44. The van der Waals surface area contributed by atoms with E-state index in [1.807, 2.05) is 34.7 Å². The van der Waals surface area contributed by atoms with Crippen LogP contribution < -0.4 is 10.5 Å². The van der Waals surface area contributed by atoms with E-state index in [2.05, 4.69) is 45.2 Å². The Morgan fingerprint density at radius 1 is 1.12 bits per heavy atom. The van der Waals surface area contributed by atoms with Gasteiger partial charge >= 0.3 is 5.97 Å². The SMILES string of the molecule is N[C@@H](Cc1cc(I)c(Oc2ccc(O)c(I)c2)c(I)c1)C(=O)O.[Na]. The minimum absolute atomic E-state index is 0. The Kier molecular flexibility index (Phi) is 9.57. The zero-order valence-electron chi connectivity index (χ0n) is 12.6.